The van der Waals surface area contributed by atoms with E-state index in [1.165, 1.54) is 0 Å². The Morgan fingerprint density at radius 2 is 2.00 bits per heavy atom. The lowest BCUT2D eigenvalue weighted by molar-refractivity contribution is -0.383. The summed E-state index contributed by atoms with van der Waals surface area (Å²) in [6.07, 6.45) is 3.22. The van der Waals surface area contributed by atoms with Gasteiger partial charge < -0.3 is 9.64 Å². The molecule has 0 unspecified atom stereocenters. The standard InChI is InChI=1S/C13H13N3O3/c17-16(18)13-2-1-12(15-5-7-19-8-6-15)10-3-4-14-9-11(10)13/h1-4,9H,5-8H2. The Labute approximate surface area is 109 Å². The van der Waals surface area contributed by atoms with Crippen LogP contribution >= 0.6 is 0 Å². The number of nitro groups is 1. The van der Waals surface area contributed by atoms with Gasteiger partial charge in [-0.2, -0.15) is 0 Å². The number of morpholine rings is 1. The maximum absolute atomic E-state index is 11.0. The zero-order valence-electron chi connectivity index (χ0n) is 10.3. The summed E-state index contributed by atoms with van der Waals surface area (Å²) in [7, 11) is 0. The van der Waals surface area contributed by atoms with Crippen LogP contribution in [0.25, 0.3) is 10.8 Å². The van der Waals surface area contributed by atoms with Gasteiger partial charge in [-0.25, -0.2) is 0 Å². The highest BCUT2D eigenvalue weighted by Gasteiger charge is 2.19. The van der Waals surface area contributed by atoms with Crippen molar-refractivity contribution in [2.75, 3.05) is 31.2 Å². The van der Waals surface area contributed by atoms with Crippen molar-refractivity contribution in [3.8, 4) is 0 Å². The third-order valence-electron chi connectivity index (χ3n) is 3.32. The van der Waals surface area contributed by atoms with Gasteiger partial charge in [0, 0.05) is 42.6 Å². The zero-order valence-corrected chi connectivity index (χ0v) is 10.3. The molecule has 1 aliphatic rings. The summed E-state index contributed by atoms with van der Waals surface area (Å²) in [6.45, 7) is 2.97. The SMILES string of the molecule is O=[N+]([O-])c1ccc(N2CCOCC2)c2ccncc12. The fourth-order valence-corrected chi connectivity index (χ4v) is 2.40. The number of pyridine rings is 1. The van der Waals surface area contributed by atoms with Gasteiger partial charge in [-0.1, -0.05) is 0 Å². The van der Waals surface area contributed by atoms with Crippen LogP contribution in [0.2, 0.25) is 0 Å². The van der Waals surface area contributed by atoms with Crippen LogP contribution in [-0.2, 0) is 4.74 Å². The quantitative estimate of drug-likeness (QED) is 0.609. The summed E-state index contributed by atoms with van der Waals surface area (Å²) in [5.74, 6) is 0. The molecule has 0 saturated carbocycles. The second kappa shape index (κ2) is 4.81. The van der Waals surface area contributed by atoms with Crippen molar-refractivity contribution < 1.29 is 9.66 Å². The first-order valence-electron chi connectivity index (χ1n) is 6.11. The fourth-order valence-electron chi connectivity index (χ4n) is 2.40. The first kappa shape index (κ1) is 11.9. The molecule has 0 N–H and O–H groups in total. The number of nitrogens with zero attached hydrogens (tertiary/aromatic N) is 3. The third kappa shape index (κ3) is 2.10. The number of hydrogen-bond donors (Lipinski definition) is 0. The van der Waals surface area contributed by atoms with E-state index in [1.807, 2.05) is 12.1 Å². The average Bonchev–Trinajstić information content (AvgIpc) is 2.47. The van der Waals surface area contributed by atoms with Crippen LogP contribution in [0.1, 0.15) is 0 Å². The second-order valence-electron chi connectivity index (χ2n) is 4.38. The van der Waals surface area contributed by atoms with Crippen LogP contribution in [0.5, 0.6) is 0 Å². The molecule has 3 rings (SSSR count). The van der Waals surface area contributed by atoms with Gasteiger partial charge in [-0.15, -0.1) is 0 Å². The molecule has 6 nitrogen and oxygen atoms in total. The molecule has 0 radical (unpaired) electrons. The summed E-state index contributed by atoms with van der Waals surface area (Å²) in [6, 6.07) is 5.19. The van der Waals surface area contributed by atoms with Crippen molar-refractivity contribution in [1.29, 1.82) is 0 Å². The minimum atomic E-state index is -0.368. The minimum Gasteiger partial charge on any atom is -0.378 e. The number of nitro benzene ring substituents is 1. The predicted molar refractivity (Wildman–Crippen MR) is 71.4 cm³/mol. The molecule has 6 heteroatoms. The van der Waals surface area contributed by atoms with Crippen LogP contribution in [0.3, 0.4) is 0 Å². The largest absolute Gasteiger partial charge is 0.378 e. The maximum Gasteiger partial charge on any atom is 0.278 e. The van der Waals surface area contributed by atoms with Gasteiger partial charge in [0.1, 0.15) is 0 Å². The molecular formula is C13H13N3O3. The van der Waals surface area contributed by atoms with E-state index in [1.54, 1.807) is 18.5 Å². The van der Waals surface area contributed by atoms with Crippen molar-refractivity contribution in [3.63, 3.8) is 0 Å². The van der Waals surface area contributed by atoms with Crippen LogP contribution in [0, 0.1) is 10.1 Å². The van der Waals surface area contributed by atoms with Crippen LogP contribution < -0.4 is 4.90 Å². The topological polar surface area (TPSA) is 68.5 Å². The number of ether oxygens (including phenoxy) is 1. The molecule has 19 heavy (non-hydrogen) atoms. The van der Waals surface area contributed by atoms with Gasteiger partial charge in [0.15, 0.2) is 0 Å². The molecule has 1 aromatic heterocycles. The number of rotatable bonds is 2. The van der Waals surface area contributed by atoms with Crippen molar-refractivity contribution in [3.05, 3.63) is 40.7 Å². The van der Waals surface area contributed by atoms with E-state index in [-0.39, 0.29) is 10.6 Å². The van der Waals surface area contributed by atoms with Crippen molar-refractivity contribution >= 4 is 22.1 Å². The van der Waals surface area contributed by atoms with Crippen molar-refractivity contribution in [1.82, 2.24) is 4.98 Å². The number of aromatic nitrogens is 1. The van der Waals surface area contributed by atoms with E-state index >= 15 is 0 Å². The Morgan fingerprint density at radius 3 is 2.74 bits per heavy atom. The normalized spacial score (nSPS) is 15.7. The van der Waals surface area contributed by atoms with Gasteiger partial charge in [0.25, 0.3) is 5.69 Å². The molecule has 0 bridgehead atoms. The zero-order chi connectivity index (χ0) is 13.2. The number of anilines is 1. The molecule has 1 aromatic carbocycles. The maximum atomic E-state index is 11.0. The van der Waals surface area contributed by atoms with Crippen molar-refractivity contribution in [2.24, 2.45) is 0 Å². The number of benzene rings is 1. The van der Waals surface area contributed by atoms with Crippen LogP contribution in [0.4, 0.5) is 11.4 Å². The van der Waals surface area contributed by atoms with E-state index in [9.17, 15) is 10.1 Å². The predicted octanol–water partition coefficient (Wildman–Crippen LogP) is 1.98. The number of non-ortho nitro benzene ring substituents is 1. The lowest BCUT2D eigenvalue weighted by Crippen LogP contribution is -2.36. The summed E-state index contributed by atoms with van der Waals surface area (Å²) in [5.41, 5.74) is 1.10. The lowest BCUT2D eigenvalue weighted by atomic mass is 10.1. The summed E-state index contributed by atoms with van der Waals surface area (Å²) in [5, 5.41) is 12.5. The smallest absolute Gasteiger partial charge is 0.278 e. The monoisotopic (exact) mass is 259 g/mol. The number of hydrogen-bond acceptors (Lipinski definition) is 5. The van der Waals surface area contributed by atoms with E-state index in [0.29, 0.717) is 18.6 Å². The molecule has 1 fully saturated rings. The van der Waals surface area contributed by atoms with Gasteiger partial charge in [0.05, 0.1) is 23.5 Å². The molecule has 0 spiro atoms. The lowest BCUT2D eigenvalue weighted by Gasteiger charge is -2.29. The highest BCUT2D eigenvalue weighted by atomic mass is 16.6. The van der Waals surface area contributed by atoms with Gasteiger partial charge in [-0.05, 0) is 12.1 Å². The van der Waals surface area contributed by atoms with E-state index in [0.717, 1.165) is 24.2 Å². The first-order chi connectivity index (χ1) is 9.27. The minimum absolute atomic E-state index is 0.0973. The Bertz CT molecular complexity index is 624. The molecule has 2 aromatic rings. The highest BCUT2D eigenvalue weighted by Crippen LogP contribution is 2.33. The first-order valence-corrected chi connectivity index (χ1v) is 6.11. The molecule has 1 saturated heterocycles. The van der Waals surface area contributed by atoms with E-state index < -0.39 is 0 Å². The fraction of sp³-hybridized carbons (Fsp3) is 0.308. The molecular weight excluding hydrogens is 246 g/mol. The molecule has 1 aliphatic heterocycles. The Morgan fingerprint density at radius 1 is 1.21 bits per heavy atom. The Balaban J connectivity index is 2.15. The molecule has 0 amide bonds. The van der Waals surface area contributed by atoms with Gasteiger partial charge >= 0.3 is 0 Å². The summed E-state index contributed by atoms with van der Waals surface area (Å²) < 4.78 is 5.33. The Kier molecular flexibility index (Phi) is 3.00. The van der Waals surface area contributed by atoms with Crippen molar-refractivity contribution in [2.45, 2.75) is 0 Å². The summed E-state index contributed by atoms with van der Waals surface area (Å²) >= 11 is 0. The molecule has 0 atom stereocenters. The second-order valence-corrected chi connectivity index (χ2v) is 4.38. The summed E-state index contributed by atoms with van der Waals surface area (Å²) in [4.78, 5) is 16.9. The molecule has 2 heterocycles. The van der Waals surface area contributed by atoms with Gasteiger partial charge in [0.2, 0.25) is 0 Å². The van der Waals surface area contributed by atoms with Gasteiger partial charge in [-0.3, -0.25) is 15.1 Å². The van der Waals surface area contributed by atoms with Crippen LogP contribution in [0.15, 0.2) is 30.6 Å². The van der Waals surface area contributed by atoms with E-state index in [2.05, 4.69) is 9.88 Å². The molecule has 98 valence electrons. The molecule has 0 aliphatic carbocycles. The highest BCUT2D eigenvalue weighted by molar-refractivity contribution is 5.99. The van der Waals surface area contributed by atoms with Crippen LogP contribution in [-0.4, -0.2) is 36.2 Å². The number of fused-ring (bicyclic) bond motifs is 1. The Hall–Kier alpha value is -2.21. The third-order valence-corrected chi connectivity index (χ3v) is 3.32. The average molecular weight is 259 g/mol. The van der Waals surface area contributed by atoms with E-state index in [4.69, 9.17) is 4.74 Å².